The molecule has 27 heavy (non-hydrogen) atoms. The van der Waals surface area contributed by atoms with Crippen molar-refractivity contribution in [2.45, 2.75) is 52.5 Å². The summed E-state index contributed by atoms with van der Waals surface area (Å²) < 4.78 is 2.19. The number of nitrogens with one attached hydrogen (secondary N) is 2. The normalized spacial score (nSPS) is 15.4. The van der Waals surface area contributed by atoms with E-state index >= 15 is 0 Å². The summed E-state index contributed by atoms with van der Waals surface area (Å²) in [6, 6.07) is 0. The number of hydrogen-bond acceptors (Lipinski definition) is 3. The lowest BCUT2D eigenvalue weighted by molar-refractivity contribution is -0.121. The molecule has 1 aromatic rings. The van der Waals surface area contributed by atoms with Crippen LogP contribution in [0.25, 0.3) is 0 Å². The molecule has 7 nitrogen and oxygen atoms in total. The third kappa shape index (κ3) is 8.06. The number of amides is 1. The molecule has 0 saturated carbocycles. The van der Waals surface area contributed by atoms with E-state index < -0.39 is 0 Å². The Balaban J connectivity index is 0.00000364. The fraction of sp³-hybridized carbons (Fsp3) is 0.737. The number of nitrogens with zero attached hydrogens (tertiary/aromatic N) is 4. The highest BCUT2D eigenvalue weighted by Crippen LogP contribution is 2.20. The van der Waals surface area contributed by atoms with Gasteiger partial charge in [-0.3, -0.25) is 9.79 Å². The van der Waals surface area contributed by atoms with Crippen molar-refractivity contribution in [2.24, 2.45) is 10.9 Å². The Labute approximate surface area is 180 Å². The van der Waals surface area contributed by atoms with Crippen LogP contribution in [0, 0.1) is 12.8 Å². The van der Waals surface area contributed by atoms with E-state index in [1.165, 1.54) is 0 Å². The maximum absolute atomic E-state index is 11.5. The van der Waals surface area contributed by atoms with Crippen molar-refractivity contribution in [3.8, 4) is 0 Å². The van der Waals surface area contributed by atoms with Gasteiger partial charge in [0.05, 0.1) is 0 Å². The van der Waals surface area contributed by atoms with Crippen molar-refractivity contribution in [1.29, 1.82) is 0 Å². The molecule has 0 atom stereocenters. The molecule has 0 aliphatic carbocycles. The molecule has 2 heterocycles. The summed E-state index contributed by atoms with van der Waals surface area (Å²) in [5, 5.41) is 6.14. The molecule has 0 radical (unpaired) electrons. The smallest absolute Gasteiger partial charge is 0.220 e. The number of imidazole rings is 1. The Kier molecular flexibility index (Phi) is 11.4. The number of carbonyl (C=O) groups is 1. The van der Waals surface area contributed by atoms with Gasteiger partial charge in [0, 0.05) is 58.6 Å². The minimum Gasteiger partial charge on any atom is -0.359 e. The molecule has 2 N–H and O–H groups in total. The van der Waals surface area contributed by atoms with Crippen LogP contribution in [-0.2, 0) is 11.3 Å². The number of carbonyl (C=O) groups excluding carboxylic acids is 1. The summed E-state index contributed by atoms with van der Waals surface area (Å²) in [6.45, 7) is 8.82. The van der Waals surface area contributed by atoms with Gasteiger partial charge in [0.1, 0.15) is 5.82 Å². The van der Waals surface area contributed by atoms with Gasteiger partial charge < -0.3 is 20.1 Å². The van der Waals surface area contributed by atoms with Gasteiger partial charge in [-0.2, -0.15) is 0 Å². The first-order valence-corrected chi connectivity index (χ1v) is 9.85. The molecular formula is C19H35IN6O. The van der Waals surface area contributed by atoms with Crippen molar-refractivity contribution >= 4 is 35.8 Å². The quantitative estimate of drug-likeness (QED) is 0.254. The number of likely N-dealkylation sites (tertiary alicyclic amines) is 1. The maximum atomic E-state index is 11.5. The number of unbranched alkanes of at least 4 members (excludes halogenated alkanes) is 1. The molecule has 0 aromatic carbocycles. The van der Waals surface area contributed by atoms with Crippen LogP contribution >= 0.6 is 24.0 Å². The second-order valence-corrected chi connectivity index (χ2v) is 6.92. The predicted octanol–water partition coefficient (Wildman–Crippen LogP) is 2.40. The summed E-state index contributed by atoms with van der Waals surface area (Å²) in [4.78, 5) is 22.9. The van der Waals surface area contributed by atoms with Gasteiger partial charge in [0.15, 0.2) is 5.96 Å². The zero-order valence-corrected chi connectivity index (χ0v) is 19.2. The van der Waals surface area contributed by atoms with Crippen molar-refractivity contribution < 1.29 is 4.79 Å². The Hall–Kier alpha value is -1.32. The number of hydrogen-bond donors (Lipinski definition) is 2. The monoisotopic (exact) mass is 490 g/mol. The SMILES string of the molecule is CCNC(=NCCCCn1ccnc1C)N1CCC(CC(=O)NC)CC1.I. The number of aromatic nitrogens is 2. The highest BCUT2D eigenvalue weighted by molar-refractivity contribution is 14.0. The minimum atomic E-state index is 0. The molecule has 1 amide bonds. The van der Waals surface area contributed by atoms with Crippen LogP contribution in [-0.4, -0.2) is 59.5 Å². The molecule has 0 bridgehead atoms. The van der Waals surface area contributed by atoms with Gasteiger partial charge in [-0.1, -0.05) is 0 Å². The summed E-state index contributed by atoms with van der Waals surface area (Å²) in [7, 11) is 1.71. The number of aryl methyl sites for hydroxylation is 2. The molecule has 1 fully saturated rings. The standard InChI is InChI=1S/C19H34N6O.HI/c1-4-21-19(23-9-5-6-11-24-14-10-22-16(24)2)25-12-7-17(8-13-25)15-18(26)20-3;/h10,14,17H,4-9,11-13,15H2,1-3H3,(H,20,26)(H,21,23);1H. The highest BCUT2D eigenvalue weighted by Gasteiger charge is 2.22. The summed E-state index contributed by atoms with van der Waals surface area (Å²) in [5.41, 5.74) is 0. The molecule has 0 spiro atoms. The van der Waals surface area contributed by atoms with Crippen LogP contribution < -0.4 is 10.6 Å². The van der Waals surface area contributed by atoms with Crippen LogP contribution in [0.3, 0.4) is 0 Å². The van der Waals surface area contributed by atoms with E-state index in [0.29, 0.717) is 12.3 Å². The van der Waals surface area contributed by atoms with E-state index in [0.717, 1.165) is 70.2 Å². The highest BCUT2D eigenvalue weighted by atomic mass is 127. The van der Waals surface area contributed by atoms with E-state index in [4.69, 9.17) is 4.99 Å². The Morgan fingerprint density at radius 3 is 2.67 bits per heavy atom. The fourth-order valence-corrected chi connectivity index (χ4v) is 3.36. The fourth-order valence-electron chi connectivity index (χ4n) is 3.36. The van der Waals surface area contributed by atoms with E-state index in [1.54, 1.807) is 7.05 Å². The average Bonchev–Trinajstić information content (AvgIpc) is 3.06. The molecule has 1 aliphatic rings. The zero-order chi connectivity index (χ0) is 18.8. The minimum absolute atomic E-state index is 0. The van der Waals surface area contributed by atoms with Crippen molar-refractivity contribution in [2.75, 3.05) is 33.2 Å². The second-order valence-electron chi connectivity index (χ2n) is 6.92. The molecule has 1 aliphatic heterocycles. The number of halogens is 1. The lowest BCUT2D eigenvalue weighted by Crippen LogP contribution is -2.46. The molecule has 2 rings (SSSR count). The molecule has 1 saturated heterocycles. The van der Waals surface area contributed by atoms with Crippen LogP contribution in [0.2, 0.25) is 0 Å². The Bertz CT molecular complexity index is 581. The van der Waals surface area contributed by atoms with Gasteiger partial charge in [0.2, 0.25) is 5.91 Å². The summed E-state index contributed by atoms with van der Waals surface area (Å²) >= 11 is 0. The van der Waals surface area contributed by atoms with Gasteiger partial charge in [-0.15, -0.1) is 24.0 Å². The van der Waals surface area contributed by atoms with Gasteiger partial charge >= 0.3 is 0 Å². The van der Waals surface area contributed by atoms with E-state index in [-0.39, 0.29) is 29.9 Å². The van der Waals surface area contributed by atoms with Gasteiger partial charge in [0.25, 0.3) is 0 Å². The molecule has 1 aromatic heterocycles. The first-order valence-electron chi connectivity index (χ1n) is 9.85. The van der Waals surface area contributed by atoms with Crippen LogP contribution in [0.5, 0.6) is 0 Å². The molecule has 8 heteroatoms. The maximum Gasteiger partial charge on any atom is 0.220 e. The van der Waals surface area contributed by atoms with Crippen LogP contribution in [0.15, 0.2) is 17.4 Å². The van der Waals surface area contributed by atoms with E-state index in [2.05, 4.69) is 32.0 Å². The number of piperidine rings is 1. The average molecular weight is 490 g/mol. The summed E-state index contributed by atoms with van der Waals surface area (Å²) in [5.74, 6) is 2.73. The Morgan fingerprint density at radius 2 is 2.07 bits per heavy atom. The number of rotatable bonds is 8. The van der Waals surface area contributed by atoms with Gasteiger partial charge in [-0.05, 0) is 45.4 Å². The first kappa shape index (κ1) is 23.7. The van der Waals surface area contributed by atoms with Crippen LogP contribution in [0.4, 0.5) is 0 Å². The van der Waals surface area contributed by atoms with Crippen molar-refractivity contribution in [3.05, 3.63) is 18.2 Å². The Morgan fingerprint density at radius 1 is 1.33 bits per heavy atom. The van der Waals surface area contributed by atoms with Crippen LogP contribution in [0.1, 0.15) is 44.9 Å². The third-order valence-electron chi connectivity index (χ3n) is 4.99. The lowest BCUT2D eigenvalue weighted by Gasteiger charge is -2.34. The largest absolute Gasteiger partial charge is 0.359 e. The van der Waals surface area contributed by atoms with Crippen molar-refractivity contribution in [3.63, 3.8) is 0 Å². The second kappa shape index (κ2) is 13.0. The number of guanidine groups is 1. The molecule has 154 valence electrons. The van der Waals surface area contributed by atoms with Crippen molar-refractivity contribution in [1.82, 2.24) is 25.1 Å². The first-order chi connectivity index (χ1) is 12.6. The number of aliphatic imine (C=N–C) groups is 1. The third-order valence-corrected chi connectivity index (χ3v) is 4.99. The molecule has 0 unspecified atom stereocenters. The van der Waals surface area contributed by atoms with E-state index in [1.807, 2.05) is 19.3 Å². The summed E-state index contributed by atoms with van der Waals surface area (Å²) in [6.07, 6.45) is 8.81. The topological polar surface area (TPSA) is 74.5 Å². The predicted molar refractivity (Wildman–Crippen MR) is 121 cm³/mol. The zero-order valence-electron chi connectivity index (χ0n) is 16.9. The van der Waals surface area contributed by atoms with E-state index in [9.17, 15) is 4.79 Å². The van der Waals surface area contributed by atoms with Gasteiger partial charge in [-0.25, -0.2) is 4.98 Å². The lowest BCUT2D eigenvalue weighted by atomic mass is 9.93. The molecular weight excluding hydrogens is 455 g/mol.